The molecule has 2 aromatic rings. The molecule has 2 rings (SSSR count). The molecule has 1 aromatic carbocycles. The van der Waals surface area contributed by atoms with Crippen LogP contribution in [-0.4, -0.2) is 39.3 Å². The first-order valence-corrected chi connectivity index (χ1v) is 8.77. The number of nitrogens with one attached hydrogen (secondary N) is 1. The number of amides is 1. The van der Waals surface area contributed by atoms with Crippen molar-refractivity contribution in [2.24, 2.45) is 0 Å². The van der Waals surface area contributed by atoms with Gasteiger partial charge in [-0.25, -0.2) is 4.31 Å². The SMILES string of the molecule is Cc1ccc(CNC(=O)CN(c2ccccc2)S(=O)(=O)N(C)C)o1. The van der Waals surface area contributed by atoms with Crippen molar-refractivity contribution in [1.82, 2.24) is 9.62 Å². The summed E-state index contributed by atoms with van der Waals surface area (Å²) < 4.78 is 32.5. The van der Waals surface area contributed by atoms with Crippen LogP contribution in [0.4, 0.5) is 5.69 Å². The van der Waals surface area contributed by atoms with Gasteiger partial charge in [-0.1, -0.05) is 18.2 Å². The van der Waals surface area contributed by atoms with Gasteiger partial charge in [0.1, 0.15) is 18.1 Å². The van der Waals surface area contributed by atoms with E-state index in [4.69, 9.17) is 4.42 Å². The van der Waals surface area contributed by atoms with E-state index in [2.05, 4.69) is 5.32 Å². The molecule has 0 radical (unpaired) electrons. The van der Waals surface area contributed by atoms with Crippen molar-refractivity contribution in [2.75, 3.05) is 24.9 Å². The molecule has 130 valence electrons. The normalized spacial score (nSPS) is 11.5. The Labute approximate surface area is 142 Å². The number of nitrogens with zero attached hydrogens (tertiary/aromatic N) is 2. The average Bonchev–Trinajstić information content (AvgIpc) is 2.96. The maximum Gasteiger partial charge on any atom is 0.304 e. The highest BCUT2D eigenvalue weighted by Crippen LogP contribution is 2.18. The lowest BCUT2D eigenvalue weighted by Crippen LogP contribution is -2.45. The van der Waals surface area contributed by atoms with Crippen molar-refractivity contribution in [3.63, 3.8) is 0 Å². The number of hydrogen-bond donors (Lipinski definition) is 1. The zero-order valence-electron chi connectivity index (χ0n) is 13.9. The van der Waals surface area contributed by atoms with Crippen LogP contribution in [0, 0.1) is 6.92 Å². The van der Waals surface area contributed by atoms with Gasteiger partial charge in [0.25, 0.3) is 0 Å². The van der Waals surface area contributed by atoms with Crippen molar-refractivity contribution in [1.29, 1.82) is 0 Å². The summed E-state index contributed by atoms with van der Waals surface area (Å²) in [6, 6.07) is 12.1. The number of aryl methyl sites for hydroxylation is 1. The summed E-state index contributed by atoms with van der Waals surface area (Å²) in [4.78, 5) is 12.2. The van der Waals surface area contributed by atoms with Crippen LogP contribution >= 0.6 is 0 Å². The minimum atomic E-state index is -3.78. The van der Waals surface area contributed by atoms with Crippen molar-refractivity contribution >= 4 is 21.8 Å². The summed E-state index contributed by atoms with van der Waals surface area (Å²) in [6.07, 6.45) is 0. The molecule has 0 spiro atoms. The van der Waals surface area contributed by atoms with Crippen LogP contribution in [0.15, 0.2) is 46.9 Å². The van der Waals surface area contributed by atoms with E-state index in [9.17, 15) is 13.2 Å². The molecule has 0 aliphatic rings. The molecular formula is C16H21N3O4S. The van der Waals surface area contributed by atoms with Crippen LogP contribution in [-0.2, 0) is 21.5 Å². The van der Waals surface area contributed by atoms with Crippen LogP contribution < -0.4 is 9.62 Å². The maximum atomic E-state index is 12.5. The molecule has 1 aromatic heterocycles. The van der Waals surface area contributed by atoms with E-state index < -0.39 is 16.1 Å². The average molecular weight is 351 g/mol. The Morgan fingerprint density at radius 1 is 1.12 bits per heavy atom. The van der Waals surface area contributed by atoms with E-state index in [0.717, 1.165) is 14.4 Å². The largest absolute Gasteiger partial charge is 0.465 e. The lowest BCUT2D eigenvalue weighted by Gasteiger charge is -2.26. The third-order valence-electron chi connectivity index (χ3n) is 3.33. The molecule has 0 atom stereocenters. The van der Waals surface area contributed by atoms with E-state index in [1.807, 2.05) is 6.92 Å². The second kappa shape index (κ2) is 7.50. The Balaban J connectivity index is 2.12. The highest BCUT2D eigenvalue weighted by atomic mass is 32.2. The molecule has 1 N–H and O–H groups in total. The predicted octanol–water partition coefficient (Wildman–Crippen LogP) is 1.52. The summed E-state index contributed by atoms with van der Waals surface area (Å²) in [7, 11) is -0.933. The number of para-hydroxylation sites is 1. The fourth-order valence-corrected chi connectivity index (χ4v) is 3.11. The Kier molecular flexibility index (Phi) is 5.63. The first kappa shape index (κ1) is 18.0. The van der Waals surface area contributed by atoms with Gasteiger partial charge in [-0.2, -0.15) is 12.7 Å². The summed E-state index contributed by atoms with van der Waals surface area (Å²) in [5, 5.41) is 2.67. The molecular weight excluding hydrogens is 330 g/mol. The molecule has 0 aliphatic heterocycles. The van der Waals surface area contributed by atoms with Crippen molar-refractivity contribution in [2.45, 2.75) is 13.5 Å². The molecule has 7 nitrogen and oxygen atoms in total. The third kappa shape index (κ3) is 4.36. The van der Waals surface area contributed by atoms with E-state index in [1.54, 1.807) is 42.5 Å². The fourth-order valence-electron chi connectivity index (χ4n) is 2.05. The fraction of sp³-hybridized carbons (Fsp3) is 0.312. The Bertz CT molecular complexity index is 785. The van der Waals surface area contributed by atoms with E-state index in [-0.39, 0.29) is 13.1 Å². The molecule has 0 saturated heterocycles. The number of hydrogen-bond acceptors (Lipinski definition) is 4. The monoisotopic (exact) mass is 351 g/mol. The second-order valence-corrected chi connectivity index (χ2v) is 7.49. The van der Waals surface area contributed by atoms with Gasteiger partial charge in [0.15, 0.2) is 0 Å². The predicted molar refractivity (Wildman–Crippen MR) is 91.7 cm³/mol. The first-order chi connectivity index (χ1) is 11.3. The quantitative estimate of drug-likeness (QED) is 0.820. The van der Waals surface area contributed by atoms with Crippen molar-refractivity contribution < 1.29 is 17.6 Å². The maximum absolute atomic E-state index is 12.5. The molecule has 0 bridgehead atoms. The zero-order valence-corrected chi connectivity index (χ0v) is 14.7. The number of rotatable bonds is 7. The van der Waals surface area contributed by atoms with Crippen LogP contribution in [0.5, 0.6) is 0 Å². The lowest BCUT2D eigenvalue weighted by atomic mass is 10.3. The summed E-state index contributed by atoms with van der Waals surface area (Å²) in [5.41, 5.74) is 0.426. The van der Waals surface area contributed by atoms with Crippen LogP contribution in [0.2, 0.25) is 0 Å². The molecule has 1 amide bonds. The number of carbonyl (C=O) groups excluding carboxylic acids is 1. The van der Waals surface area contributed by atoms with E-state index in [0.29, 0.717) is 11.4 Å². The van der Waals surface area contributed by atoms with E-state index in [1.165, 1.54) is 14.1 Å². The molecule has 0 aliphatic carbocycles. The minimum Gasteiger partial charge on any atom is -0.465 e. The van der Waals surface area contributed by atoms with Crippen molar-refractivity contribution in [3.8, 4) is 0 Å². The highest BCUT2D eigenvalue weighted by molar-refractivity contribution is 7.90. The minimum absolute atomic E-state index is 0.206. The molecule has 0 saturated carbocycles. The van der Waals surface area contributed by atoms with Crippen molar-refractivity contribution in [3.05, 3.63) is 54.0 Å². The molecule has 8 heteroatoms. The topological polar surface area (TPSA) is 82.9 Å². The highest BCUT2D eigenvalue weighted by Gasteiger charge is 2.27. The van der Waals surface area contributed by atoms with Gasteiger partial charge >= 0.3 is 10.2 Å². The van der Waals surface area contributed by atoms with Crippen LogP contribution in [0.1, 0.15) is 11.5 Å². The van der Waals surface area contributed by atoms with Gasteiger partial charge in [-0.05, 0) is 31.2 Å². The number of anilines is 1. The smallest absolute Gasteiger partial charge is 0.304 e. The van der Waals surface area contributed by atoms with Gasteiger partial charge in [-0.15, -0.1) is 0 Å². The molecule has 0 unspecified atom stereocenters. The first-order valence-electron chi connectivity index (χ1n) is 7.38. The van der Waals surface area contributed by atoms with Gasteiger partial charge in [0.05, 0.1) is 12.2 Å². The third-order valence-corrected chi connectivity index (χ3v) is 5.15. The van der Waals surface area contributed by atoms with E-state index >= 15 is 0 Å². The zero-order chi connectivity index (χ0) is 17.7. The molecule has 1 heterocycles. The van der Waals surface area contributed by atoms with Crippen LogP contribution in [0.3, 0.4) is 0 Å². The van der Waals surface area contributed by atoms with Crippen LogP contribution in [0.25, 0.3) is 0 Å². The summed E-state index contributed by atoms with van der Waals surface area (Å²) in [6.45, 7) is 1.70. The van der Waals surface area contributed by atoms with Gasteiger partial charge in [0, 0.05) is 14.1 Å². The standard InChI is InChI=1S/C16H21N3O4S/c1-13-9-10-15(23-13)11-17-16(20)12-19(24(21,22)18(2)3)14-7-5-4-6-8-14/h4-10H,11-12H2,1-3H3,(H,17,20). The second-order valence-electron chi connectivity index (χ2n) is 5.42. The Morgan fingerprint density at radius 3 is 2.33 bits per heavy atom. The number of carbonyl (C=O) groups is 1. The Morgan fingerprint density at radius 2 is 1.79 bits per heavy atom. The number of benzene rings is 1. The molecule has 24 heavy (non-hydrogen) atoms. The summed E-state index contributed by atoms with van der Waals surface area (Å²) >= 11 is 0. The van der Waals surface area contributed by atoms with Gasteiger partial charge < -0.3 is 9.73 Å². The number of furan rings is 1. The lowest BCUT2D eigenvalue weighted by molar-refractivity contribution is -0.119. The van der Waals surface area contributed by atoms with Gasteiger partial charge in [0.2, 0.25) is 5.91 Å². The summed E-state index contributed by atoms with van der Waals surface area (Å²) in [5.74, 6) is 0.946. The van der Waals surface area contributed by atoms with Gasteiger partial charge in [-0.3, -0.25) is 4.79 Å². The Hall–Kier alpha value is -2.32. The molecule has 0 fully saturated rings.